The number of carbonyl (C=O) groups excluding carboxylic acids is 3. The number of benzene rings is 2. The third kappa shape index (κ3) is 3.82. The minimum absolute atomic E-state index is 0.179. The van der Waals surface area contributed by atoms with E-state index in [0.29, 0.717) is 0 Å². The summed E-state index contributed by atoms with van der Waals surface area (Å²) in [5.41, 5.74) is -4.24. The molecule has 0 bridgehead atoms. The molecule has 0 radical (unpaired) electrons. The van der Waals surface area contributed by atoms with Gasteiger partial charge in [0.15, 0.2) is 40.4 Å². The number of hydrogen-bond acceptors (Lipinski definition) is 8. The van der Waals surface area contributed by atoms with E-state index >= 15 is 8.78 Å². The number of hydrogen-bond donors (Lipinski definition) is 6. The number of nitrogens with two attached hydrogens (primary N) is 1. The van der Waals surface area contributed by atoms with Crippen LogP contribution in [0.1, 0.15) is 55.1 Å². The Morgan fingerprint density at radius 3 is 2.00 bits per heavy atom. The van der Waals surface area contributed by atoms with Gasteiger partial charge in [0.1, 0.15) is 17.8 Å². The molecule has 0 saturated heterocycles. The fourth-order valence-corrected chi connectivity index (χ4v) is 8.91. The number of carbonyl (C=O) groups is 3. The van der Waals surface area contributed by atoms with E-state index in [1.54, 1.807) is 0 Å². The molecular formula is C31H32F5NO8. The Balaban J connectivity index is 1.86. The van der Waals surface area contributed by atoms with Gasteiger partial charge in [0.2, 0.25) is 11.7 Å². The average molecular weight is 642 g/mol. The number of aromatic hydroxyl groups is 1. The highest BCUT2D eigenvalue weighted by atomic mass is 19.2. The Morgan fingerprint density at radius 2 is 1.49 bits per heavy atom. The first kappa shape index (κ1) is 32.9. The van der Waals surface area contributed by atoms with Crippen molar-refractivity contribution in [3.05, 3.63) is 64.0 Å². The Bertz CT molecular complexity index is 1620. The van der Waals surface area contributed by atoms with Crippen LogP contribution in [-0.4, -0.2) is 66.9 Å². The highest BCUT2D eigenvalue weighted by Gasteiger charge is 2.80. The number of phenols is 1. The van der Waals surface area contributed by atoms with Crippen molar-refractivity contribution in [1.29, 1.82) is 0 Å². The molecule has 9 nitrogen and oxygen atoms in total. The van der Waals surface area contributed by atoms with Crippen molar-refractivity contribution in [2.75, 3.05) is 0 Å². The molecule has 2 aromatic carbocycles. The highest BCUT2D eigenvalue weighted by molar-refractivity contribution is 6.09. The number of aliphatic hydroxyl groups is 4. The highest BCUT2D eigenvalue weighted by Crippen LogP contribution is 2.68. The van der Waals surface area contributed by atoms with Gasteiger partial charge in [-0.15, -0.1) is 0 Å². The quantitative estimate of drug-likeness (QED) is 0.127. The zero-order valence-corrected chi connectivity index (χ0v) is 24.5. The van der Waals surface area contributed by atoms with Gasteiger partial charge in [-0.1, -0.05) is 39.8 Å². The summed E-state index contributed by atoms with van der Waals surface area (Å²) >= 11 is 0. The lowest BCUT2D eigenvalue weighted by molar-refractivity contribution is -0.307. The summed E-state index contributed by atoms with van der Waals surface area (Å²) < 4.78 is 72.8. The fourth-order valence-electron chi connectivity index (χ4n) is 8.91. The molecule has 2 unspecified atom stereocenters. The van der Waals surface area contributed by atoms with Crippen molar-refractivity contribution in [3.63, 3.8) is 0 Å². The Hall–Kier alpha value is -3.46. The van der Waals surface area contributed by atoms with Crippen LogP contribution in [0.2, 0.25) is 0 Å². The van der Waals surface area contributed by atoms with Crippen molar-refractivity contribution in [2.45, 2.75) is 63.9 Å². The van der Waals surface area contributed by atoms with Crippen molar-refractivity contribution >= 4 is 17.5 Å². The lowest BCUT2D eigenvalue weighted by Crippen LogP contribution is -2.84. The number of halogens is 5. The van der Waals surface area contributed by atoms with Crippen LogP contribution in [0.4, 0.5) is 22.0 Å². The number of primary amides is 1. The van der Waals surface area contributed by atoms with Crippen LogP contribution in [0.5, 0.6) is 5.75 Å². The molecule has 7 N–H and O–H groups in total. The summed E-state index contributed by atoms with van der Waals surface area (Å²) in [4.78, 5) is 40.4. The fraction of sp³-hybridized carbons (Fsp3) is 0.516. The van der Waals surface area contributed by atoms with Gasteiger partial charge in [0.05, 0.1) is 23.7 Å². The molecule has 5 rings (SSSR count). The first-order valence-corrected chi connectivity index (χ1v) is 14.2. The van der Waals surface area contributed by atoms with Crippen LogP contribution in [0.15, 0.2) is 18.2 Å². The van der Waals surface area contributed by atoms with Gasteiger partial charge in [0.25, 0.3) is 0 Å². The topological polar surface area (TPSA) is 178 Å². The van der Waals surface area contributed by atoms with Gasteiger partial charge >= 0.3 is 0 Å². The summed E-state index contributed by atoms with van der Waals surface area (Å²) in [6, 6.07) is 3.53. The van der Waals surface area contributed by atoms with Crippen LogP contribution in [-0.2, 0) is 16.0 Å². The lowest BCUT2D eigenvalue weighted by Gasteiger charge is -2.69. The van der Waals surface area contributed by atoms with E-state index in [4.69, 9.17) is 5.73 Å². The molecule has 0 aliphatic heterocycles. The summed E-state index contributed by atoms with van der Waals surface area (Å²) in [6.45, 7) is 5.37. The van der Waals surface area contributed by atoms with Gasteiger partial charge in [-0.25, -0.2) is 22.0 Å². The Kier molecular flexibility index (Phi) is 7.52. The lowest BCUT2D eigenvalue weighted by atomic mass is 9.36. The maximum atomic E-state index is 15.1. The zero-order chi connectivity index (χ0) is 33.9. The van der Waals surface area contributed by atoms with Gasteiger partial charge < -0.3 is 31.3 Å². The summed E-state index contributed by atoms with van der Waals surface area (Å²) in [5.74, 6) is -23.9. The first-order chi connectivity index (χ1) is 20.7. The molecule has 2 saturated carbocycles. The monoisotopic (exact) mass is 641 g/mol. The van der Waals surface area contributed by atoms with Crippen molar-refractivity contribution in [2.24, 2.45) is 40.2 Å². The predicted octanol–water partition coefficient (Wildman–Crippen LogP) is 2.02. The van der Waals surface area contributed by atoms with Crippen LogP contribution in [0.3, 0.4) is 0 Å². The van der Waals surface area contributed by atoms with Crippen molar-refractivity contribution in [3.8, 4) is 5.75 Å². The SMILES string of the molecule is CC(C)[C@H]1C(O)[C@@H](C(N)=O)C(=O)[C@]2(O)C(O)[C@H]3C(=O)c4c(O)cccc4[C@@H](Cc4c(F)c(F)c(F)c(F)c4F)[C@]3(C)[C@@H](O)[C@]12C. The number of aliphatic hydroxyl groups excluding tert-OH is 3. The largest absolute Gasteiger partial charge is 0.507 e. The number of Topliss-reactive ketones (excluding diaryl/α,β-unsaturated/α-hetero) is 2. The Morgan fingerprint density at radius 1 is 0.956 bits per heavy atom. The predicted molar refractivity (Wildman–Crippen MR) is 144 cm³/mol. The van der Waals surface area contributed by atoms with E-state index in [-0.39, 0.29) is 5.56 Å². The molecule has 2 aromatic rings. The molecule has 3 aliphatic rings. The second kappa shape index (κ2) is 10.3. The Labute approximate surface area is 253 Å². The standard InChI is InChI=1S/C31H32F5NO8/c1-9(2)16-24(40)15(27(37)43)25(41)31(45)26(42)17-23(39)14-10(6-5-7-13(14)38)12(29(17,3)28(44)30(16,31)4)8-11-18(32)20(34)22(36)21(35)19(11)33/h5-7,9,12,15-17,24,26,28,38,40,42,44-45H,8H2,1-4H3,(H2,37,43)/t12-,15-,16+,17-,24?,26?,28-,29+,30+,31+/m1/s1. The van der Waals surface area contributed by atoms with Crippen LogP contribution in [0.25, 0.3) is 0 Å². The molecule has 0 spiro atoms. The molecular weight excluding hydrogens is 609 g/mol. The van der Waals surface area contributed by atoms with Gasteiger partial charge in [-0.3, -0.25) is 14.4 Å². The zero-order valence-electron chi connectivity index (χ0n) is 24.5. The van der Waals surface area contributed by atoms with Crippen molar-refractivity contribution < 1.29 is 61.9 Å². The summed E-state index contributed by atoms with van der Waals surface area (Å²) in [5, 5.41) is 58.6. The molecule has 244 valence electrons. The van der Waals surface area contributed by atoms with Gasteiger partial charge in [-0.05, 0) is 35.8 Å². The first-order valence-electron chi connectivity index (χ1n) is 14.2. The summed E-state index contributed by atoms with van der Waals surface area (Å²) in [7, 11) is 0. The molecule has 1 amide bonds. The smallest absolute Gasteiger partial charge is 0.230 e. The second-order valence-corrected chi connectivity index (χ2v) is 13.2. The van der Waals surface area contributed by atoms with Crippen LogP contribution < -0.4 is 5.73 Å². The number of phenolic OH excluding ortho intramolecular Hbond substituents is 1. The van der Waals surface area contributed by atoms with E-state index in [9.17, 15) is 53.1 Å². The number of fused-ring (bicyclic) bond motifs is 3. The van der Waals surface area contributed by atoms with E-state index in [1.807, 2.05) is 0 Å². The van der Waals surface area contributed by atoms with Gasteiger partial charge in [0, 0.05) is 16.4 Å². The van der Waals surface area contributed by atoms with E-state index < -0.39 is 134 Å². The molecule has 10 atom stereocenters. The average Bonchev–Trinajstić information content (AvgIpc) is 2.95. The minimum atomic E-state index is -3.14. The maximum absolute atomic E-state index is 15.1. The number of ketones is 2. The number of rotatable bonds is 4. The summed E-state index contributed by atoms with van der Waals surface area (Å²) in [6.07, 6.45) is -7.62. The minimum Gasteiger partial charge on any atom is -0.507 e. The molecule has 14 heteroatoms. The number of amides is 1. The molecule has 3 aliphatic carbocycles. The normalized spacial score (nSPS) is 37.7. The van der Waals surface area contributed by atoms with E-state index in [2.05, 4.69) is 0 Å². The van der Waals surface area contributed by atoms with E-state index in [0.717, 1.165) is 13.0 Å². The van der Waals surface area contributed by atoms with Crippen LogP contribution >= 0.6 is 0 Å². The molecule has 0 aromatic heterocycles. The van der Waals surface area contributed by atoms with Crippen molar-refractivity contribution in [1.82, 2.24) is 0 Å². The molecule has 45 heavy (non-hydrogen) atoms. The molecule has 0 heterocycles. The second-order valence-electron chi connectivity index (χ2n) is 13.2. The third-order valence-electron chi connectivity index (χ3n) is 10.9. The third-order valence-corrected chi connectivity index (χ3v) is 10.9. The van der Waals surface area contributed by atoms with Crippen LogP contribution in [0, 0.1) is 63.6 Å². The maximum Gasteiger partial charge on any atom is 0.230 e. The van der Waals surface area contributed by atoms with E-state index in [1.165, 1.54) is 32.9 Å². The molecule has 2 fully saturated rings. The van der Waals surface area contributed by atoms with Gasteiger partial charge in [-0.2, -0.15) is 0 Å².